The fraction of sp³-hybridized carbons (Fsp3) is 0.179. The number of benzene rings is 4. The second kappa shape index (κ2) is 9.40. The maximum atomic E-state index is 12.9. The van der Waals surface area contributed by atoms with Gasteiger partial charge in [-0.3, -0.25) is 4.79 Å². The van der Waals surface area contributed by atoms with Gasteiger partial charge in [0, 0.05) is 17.0 Å². The monoisotopic (exact) mass is 466 g/mol. The van der Waals surface area contributed by atoms with Gasteiger partial charge in [-0.1, -0.05) is 79.2 Å². The molecule has 0 bridgehead atoms. The maximum absolute atomic E-state index is 12.9. The van der Waals surface area contributed by atoms with Crippen LogP contribution in [0.4, 0.5) is 13.2 Å². The van der Waals surface area contributed by atoms with Crippen molar-refractivity contribution in [3.8, 4) is 11.1 Å². The van der Waals surface area contributed by atoms with E-state index in [0.717, 1.165) is 34.0 Å². The highest BCUT2D eigenvalue weighted by Crippen LogP contribution is 2.34. The molecule has 0 aromatic heterocycles. The number of alkyl halides is 3. The van der Waals surface area contributed by atoms with Crippen LogP contribution in [-0.4, -0.2) is 5.78 Å². The summed E-state index contributed by atoms with van der Waals surface area (Å²) < 4.78 is 38.7. The number of hydrogen-bond acceptors (Lipinski definition) is 1. The molecule has 0 aliphatic carbocycles. The molecular weight excluding hydrogens is 445 g/mol. The quantitative estimate of drug-likeness (QED) is 0.259. The third-order valence-electron chi connectivity index (χ3n) is 5.97. The number of carbonyl (C=O) groups is 1. The molecule has 0 unspecified atom stereocenters. The molecule has 1 nitrogen and oxygen atoms in total. The van der Waals surface area contributed by atoms with Gasteiger partial charge in [-0.05, 0) is 64.1 Å². The number of carbonyl (C=O) groups excluding carboxylic acids is 1. The lowest BCUT2D eigenvalue weighted by Gasteiger charge is -2.13. The topological polar surface area (TPSA) is 17.1 Å². The lowest BCUT2D eigenvalue weighted by atomic mass is 9.92. The van der Waals surface area contributed by atoms with Gasteiger partial charge in [-0.2, -0.15) is 13.2 Å². The van der Waals surface area contributed by atoms with E-state index in [2.05, 4.69) is 6.92 Å². The minimum absolute atomic E-state index is 0.0516. The van der Waals surface area contributed by atoms with E-state index in [-0.39, 0.29) is 11.7 Å². The zero-order valence-electron chi connectivity index (χ0n) is 18.0. The molecule has 4 aromatic carbocycles. The summed E-state index contributed by atoms with van der Waals surface area (Å²) in [5.41, 5.74) is 2.50. The van der Waals surface area contributed by atoms with E-state index in [0.29, 0.717) is 29.0 Å². The maximum Gasteiger partial charge on any atom is 0.416 e. The van der Waals surface area contributed by atoms with Crippen LogP contribution in [0, 0.1) is 0 Å². The van der Waals surface area contributed by atoms with Crippen molar-refractivity contribution in [2.45, 2.75) is 31.9 Å². The normalized spacial score (nSPS) is 12.6. The molecule has 0 N–H and O–H groups in total. The summed E-state index contributed by atoms with van der Waals surface area (Å²) in [6.45, 7) is 2.06. The number of halogens is 4. The van der Waals surface area contributed by atoms with Crippen LogP contribution < -0.4 is 0 Å². The fourth-order valence-corrected chi connectivity index (χ4v) is 4.39. The molecule has 0 amide bonds. The minimum Gasteiger partial charge on any atom is -0.294 e. The molecule has 0 saturated heterocycles. The average molecular weight is 467 g/mol. The summed E-state index contributed by atoms with van der Waals surface area (Å²) in [5, 5.41) is 2.47. The van der Waals surface area contributed by atoms with Crippen molar-refractivity contribution in [1.82, 2.24) is 0 Å². The fourth-order valence-electron chi connectivity index (χ4n) is 4.07. The SMILES string of the molecule is C[C@@H](CCC(=O)c1ccc2c(-c3ccc(C(F)(F)F)cc3)cccc2c1)c1ccccc1Cl. The van der Waals surface area contributed by atoms with Crippen molar-refractivity contribution < 1.29 is 18.0 Å². The average Bonchev–Trinajstić information content (AvgIpc) is 2.81. The smallest absolute Gasteiger partial charge is 0.294 e. The Kier molecular flexibility index (Phi) is 6.57. The Hall–Kier alpha value is -3.11. The number of hydrogen-bond donors (Lipinski definition) is 0. The van der Waals surface area contributed by atoms with Gasteiger partial charge in [0.2, 0.25) is 0 Å². The number of ketones is 1. The zero-order valence-corrected chi connectivity index (χ0v) is 18.8. The van der Waals surface area contributed by atoms with E-state index < -0.39 is 11.7 Å². The molecule has 0 saturated carbocycles. The number of Topliss-reactive ketones (excluding diaryl/α,β-unsaturated/α-hetero) is 1. The summed E-state index contributed by atoms with van der Waals surface area (Å²) >= 11 is 6.27. The lowest BCUT2D eigenvalue weighted by molar-refractivity contribution is -0.137. The van der Waals surface area contributed by atoms with Crippen LogP contribution >= 0.6 is 11.6 Å². The Bertz CT molecular complexity index is 1290. The van der Waals surface area contributed by atoms with Crippen LogP contribution in [0.3, 0.4) is 0 Å². The molecule has 168 valence electrons. The summed E-state index contributed by atoms with van der Waals surface area (Å²) in [5.74, 6) is 0.213. The van der Waals surface area contributed by atoms with Gasteiger partial charge in [0.25, 0.3) is 0 Å². The minimum atomic E-state index is -4.37. The Morgan fingerprint density at radius 2 is 1.64 bits per heavy atom. The predicted molar refractivity (Wildman–Crippen MR) is 128 cm³/mol. The van der Waals surface area contributed by atoms with Crippen molar-refractivity contribution in [2.24, 2.45) is 0 Å². The van der Waals surface area contributed by atoms with Crippen LogP contribution in [0.5, 0.6) is 0 Å². The van der Waals surface area contributed by atoms with Crippen molar-refractivity contribution in [3.63, 3.8) is 0 Å². The number of fused-ring (bicyclic) bond motifs is 1. The number of rotatable bonds is 6. The summed E-state index contributed by atoms with van der Waals surface area (Å²) in [7, 11) is 0. The highest BCUT2D eigenvalue weighted by atomic mass is 35.5. The molecular formula is C28H22ClF3O. The van der Waals surface area contributed by atoms with E-state index in [1.807, 2.05) is 54.6 Å². The van der Waals surface area contributed by atoms with Gasteiger partial charge in [0.05, 0.1) is 5.56 Å². The predicted octanol–water partition coefficient (Wildman–Crippen LogP) is 8.95. The van der Waals surface area contributed by atoms with Gasteiger partial charge < -0.3 is 0 Å². The Morgan fingerprint density at radius 3 is 2.33 bits per heavy atom. The molecule has 4 rings (SSSR count). The van der Waals surface area contributed by atoms with Gasteiger partial charge in [-0.25, -0.2) is 0 Å². The first-order valence-corrected chi connectivity index (χ1v) is 11.1. The third kappa shape index (κ3) is 5.12. The zero-order chi connectivity index (χ0) is 23.6. The molecule has 1 atom stereocenters. The third-order valence-corrected chi connectivity index (χ3v) is 6.31. The van der Waals surface area contributed by atoms with E-state index >= 15 is 0 Å². The summed E-state index contributed by atoms with van der Waals surface area (Å²) in [6.07, 6.45) is -3.28. The van der Waals surface area contributed by atoms with E-state index in [1.165, 1.54) is 12.1 Å². The molecule has 33 heavy (non-hydrogen) atoms. The van der Waals surface area contributed by atoms with Crippen LogP contribution in [0.15, 0.2) is 84.9 Å². The van der Waals surface area contributed by atoms with Crippen molar-refractivity contribution in [1.29, 1.82) is 0 Å². The van der Waals surface area contributed by atoms with Crippen LogP contribution in [0.2, 0.25) is 5.02 Å². The van der Waals surface area contributed by atoms with Crippen molar-refractivity contribution in [2.75, 3.05) is 0 Å². The second-order valence-electron chi connectivity index (χ2n) is 8.20. The van der Waals surface area contributed by atoms with E-state index in [9.17, 15) is 18.0 Å². The molecule has 0 fully saturated rings. The molecule has 0 heterocycles. The van der Waals surface area contributed by atoms with Crippen LogP contribution in [-0.2, 0) is 6.18 Å². The second-order valence-corrected chi connectivity index (χ2v) is 8.61. The molecule has 4 aromatic rings. The molecule has 0 spiro atoms. The van der Waals surface area contributed by atoms with Crippen LogP contribution in [0.1, 0.15) is 47.2 Å². The summed E-state index contributed by atoms with van der Waals surface area (Å²) in [4.78, 5) is 12.9. The van der Waals surface area contributed by atoms with Gasteiger partial charge in [-0.15, -0.1) is 0 Å². The van der Waals surface area contributed by atoms with Crippen molar-refractivity contribution >= 4 is 28.2 Å². The van der Waals surface area contributed by atoms with Gasteiger partial charge >= 0.3 is 6.18 Å². The standard InChI is InChI=1S/C28H22ClF3O/c1-18(23-6-2-3-8-26(23)29)9-16-27(33)21-12-15-25-20(17-21)5-4-7-24(25)19-10-13-22(14-11-19)28(30,31)32/h2-8,10-15,17-18H,9,16H2,1H3/t18-/m0/s1. The van der Waals surface area contributed by atoms with Crippen molar-refractivity contribution in [3.05, 3.63) is 107 Å². The Morgan fingerprint density at radius 1 is 0.909 bits per heavy atom. The molecule has 5 heteroatoms. The van der Waals surface area contributed by atoms with Gasteiger partial charge in [0.1, 0.15) is 0 Å². The van der Waals surface area contributed by atoms with E-state index in [1.54, 1.807) is 6.07 Å². The largest absolute Gasteiger partial charge is 0.416 e. The van der Waals surface area contributed by atoms with E-state index in [4.69, 9.17) is 11.6 Å². The lowest BCUT2D eigenvalue weighted by Crippen LogP contribution is -2.04. The Balaban J connectivity index is 1.54. The van der Waals surface area contributed by atoms with Gasteiger partial charge in [0.15, 0.2) is 5.78 Å². The molecule has 0 radical (unpaired) electrons. The van der Waals surface area contributed by atoms with Crippen LogP contribution in [0.25, 0.3) is 21.9 Å². The first-order valence-electron chi connectivity index (χ1n) is 10.7. The highest BCUT2D eigenvalue weighted by Gasteiger charge is 2.30. The molecule has 0 aliphatic heterocycles. The first kappa shape index (κ1) is 23.1. The summed E-state index contributed by atoms with van der Waals surface area (Å²) in [6, 6.07) is 23.9. The Labute approximate surface area is 195 Å². The highest BCUT2D eigenvalue weighted by molar-refractivity contribution is 6.31. The molecule has 0 aliphatic rings. The first-order chi connectivity index (χ1) is 15.7.